The number of carboxylic acids is 1. The molecule has 150 valence electrons. The fourth-order valence-electron chi connectivity index (χ4n) is 3.51. The molecule has 6 nitrogen and oxygen atoms in total. The number of piperazine rings is 1. The highest BCUT2D eigenvalue weighted by molar-refractivity contribution is 6.32. The van der Waals surface area contributed by atoms with Crippen LogP contribution in [0.5, 0.6) is 0 Å². The largest absolute Gasteiger partial charge is 0.478 e. The van der Waals surface area contributed by atoms with Crippen LogP contribution in [0.1, 0.15) is 10.4 Å². The van der Waals surface area contributed by atoms with Crippen molar-refractivity contribution in [3.63, 3.8) is 0 Å². The maximum Gasteiger partial charge on any atom is 0.337 e. The molecule has 29 heavy (non-hydrogen) atoms. The van der Waals surface area contributed by atoms with Gasteiger partial charge in [-0.25, -0.2) is 4.79 Å². The molecule has 3 aromatic rings. The predicted octanol–water partition coefficient (Wildman–Crippen LogP) is 4.74. The van der Waals surface area contributed by atoms with Crippen LogP contribution in [-0.4, -0.2) is 54.2 Å². The zero-order valence-electron chi connectivity index (χ0n) is 15.8. The monoisotopic (exact) mass is 430 g/mol. The summed E-state index contributed by atoms with van der Waals surface area (Å²) in [6.45, 7) is 3.58. The van der Waals surface area contributed by atoms with Crippen LogP contribution in [0.25, 0.3) is 10.9 Å². The molecule has 1 fully saturated rings. The smallest absolute Gasteiger partial charge is 0.337 e. The Bertz CT molecular complexity index is 1080. The molecule has 0 aliphatic carbocycles. The molecule has 2 N–H and O–H groups in total. The average molecular weight is 431 g/mol. The number of nitrogens with one attached hydrogen (secondary N) is 1. The number of nitrogens with zero attached hydrogens (tertiary/aromatic N) is 3. The zero-order chi connectivity index (χ0) is 20.5. The molecule has 1 aromatic heterocycles. The molecular weight excluding hydrogens is 411 g/mol. The van der Waals surface area contributed by atoms with E-state index in [1.807, 2.05) is 18.3 Å². The second kappa shape index (κ2) is 8.06. The van der Waals surface area contributed by atoms with Crippen LogP contribution in [0.3, 0.4) is 0 Å². The number of pyridine rings is 1. The number of rotatable bonds is 4. The number of likely N-dealkylation sites (N-methyl/N-ethyl adjacent to an activating group) is 1. The minimum atomic E-state index is -1.05. The van der Waals surface area contributed by atoms with Gasteiger partial charge in [0.25, 0.3) is 0 Å². The molecule has 0 bridgehead atoms. The van der Waals surface area contributed by atoms with Crippen molar-refractivity contribution in [3.05, 3.63) is 58.2 Å². The minimum absolute atomic E-state index is 0.105. The van der Waals surface area contributed by atoms with E-state index in [1.54, 1.807) is 18.2 Å². The van der Waals surface area contributed by atoms with Gasteiger partial charge in [0.1, 0.15) is 0 Å². The number of aromatic carboxylic acids is 1. The molecule has 8 heteroatoms. The molecule has 0 unspecified atom stereocenters. The summed E-state index contributed by atoms with van der Waals surface area (Å²) in [5, 5.41) is 14.8. The van der Waals surface area contributed by atoms with Crippen molar-refractivity contribution in [2.75, 3.05) is 43.4 Å². The lowest BCUT2D eigenvalue weighted by molar-refractivity contribution is 0.0698. The van der Waals surface area contributed by atoms with Gasteiger partial charge in [0, 0.05) is 41.6 Å². The number of carbonyl (C=O) groups is 1. The standard InChI is InChI=1S/C21H20Cl2N4O2/c1-26-6-8-27(9-7-26)19-12-24-17-4-2-13(22)10-15(17)20(19)25-18-5-3-14(23)11-16(18)21(28)29/h2-5,10-12H,6-9H2,1H3,(H,24,25)(H,28,29). The maximum absolute atomic E-state index is 11.8. The van der Waals surface area contributed by atoms with E-state index in [0.29, 0.717) is 15.7 Å². The van der Waals surface area contributed by atoms with Crippen LogP contribution in [0.4, 0.5) is 17.1 Å². The number of benzene rings is 2. The van der Waals surface area contributed by atoms with Crippen molar-refractivity contribution >= 4 is 57.1 Å². The van der Waals surface area contributed by atoms with E-state index in [9.17, 15) is 9.90 Å². The summed E-state index contributed by atoms with van der Waals surface area (Å²) in [5.41, 5.74) is 3.05. The third-order valence-electron chi connectivity index (χ3n) is 5.13. The van der Waals surface area contributed by atoms with Crippen LogP contribution in [0, 0.1) is 0 Å². The number of aromatic nitrogens is 1. The zero-order valence-corrected chi connectivity index (χ0v) is 17.3. The van der Waals surface area contributed by atoms with Gasteiger partial charge >= 0.3 is 5.97 Å². The van der Waals surface area contributed by atoms with Gasteiger partial charge in [0.15, 0.2) is 0 Å². The average Bonchev–Trinajstić information content (AvgIpc) is 2.70. The molecule has 0 saturated carbocycles. The molecule has 0 radical (unpaired) electrons. The second-order valence-corrected chi connectivity index (χ2v) is 7.96. The summed E-state index contributed by atoms with van der Waals surface area (Å²) in [6, 6.07) is 10.3. The van der Waals surface area contributed by atoms with Crippen LogP contribution < -0.4 is 10.2 Å². The van der Waals surface area contributed by atoms with Gasteiger partial charge in [-0.05, 0) is 43.4 Å². The van der Waals surface area contributed by atoms with Crippen molar-refractivity contribution in [2.45, 2.75) is 0 Å². The van der Waals surface area contributed by atoms with Crippen LogP contribution in [0.15, 0.2) is 42.6 Å². The van der Waals surface area contributed by atoms with Gasteiger partial charge in [-0.1, -0.05) is 23.2 Å². The van der Waals surface area contributed by atoms with Crippen molar-refractivity contribution in [1.29, 1.82) is 0 Å². The third-order valence-corrected chi connectivity index (χ3v) is 5.60. The molecule has 1 aliphatic rings. The number of halogens is 2. The van der Waals surface area contributed by atoms with Crippen LogP contribution in [-0.2, 0) is 0 Å². The molecular formula is C21H20Cl2N4O2. The maximum atomic E-state index is 11.8. The Kier molecular flexibility index (Phi) is 5.50. The number of fused-ring (bicyclic) bond motifs is 1. The van der Waals surface area contributed by atoms with Gasteiger partial charge in [-0.2, -0.15) is 0 Å². The summed E-state index contributed by atoms with van der Waals surface area (Å²) in [7, 11) is 2.10. The fourth-order valence-corrected chi connectivity index (χ4v) is 3.85. The fraction of sp³-hybridized carbons (Fsp3) is 0.238. The molecule has 4 rings (SSSR count). The normalized spacial score (nSPS) is 14.9. The van der Waals surface area contributed by atoms with Gasteiger partial charge in [-0.3, -0.25) is 4.98 Å². The third kappa shape index (κ3) is 4.10. The molecule has 0 amide bonds. The highest BCUT2D eigenvalue weighted by atomic mass is 35.5. The second-order valence-electron chi connectivity index (χ2n) is 7.09. The van der Waals surface area contributed by atoms with Crippen molar-refractivity contribution in [3.8, 4) is 0 Å². The Morgan fingerprint density at radius 3 is 2.48 bits per heavy atom. The lowest BCUT2D eigenvalue weighted by atomic mass is 10.1. The Labute approximate surface area is 178 Å². The molecule has 1 saturated heterocycles. The van der Waals surface area contributed by atoms with Crippen molar-refractivity contribution in [2.24, 2.45) is 0 Å². The molecule has 0 spiro atoms. The van der Waals surface area contributed by atoms with E-state index in [1.165, 1.54) is 6.07 Å². The number of anilines is 3. The van der Waals surface area contributed by atoms with Crippen LogP contribution >= 0.6 is 23.2 Å². The SMILES string of the molecule is CN1CCN(c2cnc3ccc(Cl)cc3c2Nc2ccc(Cl)cc2C(=O)O)CC1. The molecule has 2 heterocycles. The number of hydrogen-bond donors (Lipinski definition) is 2. The van der Waals surface area contributed by atoms with E-state index >= 15 is 0 Å². The topological polar surface area (TPSA) is 68.7 Å². The Balaban J connectivity index is 1.86. The lowest BCUT2D eigenvalue weighted by Crippen LogP contribution is -2.44. The van der Waals surface area contributed by atoms with Crippen molar-refractivity contribution < 1.29 is 9.90 Å². The first kappa shape index (κ1) is 19.8. The molecule has 0 atom stereocenters. The molecule has 2 aromatic carbocycles. The predicted molar refractivity (Wildman–Crippen MR) is 118 cm³/mol. The Hall–Kier alpha value is -2.54. The summed E-state index contributed by atoms with van der Waals surface area (Å²) >= 11 is 12.3. The van der Waals surface area contributed by atoms with Gasteiger partial charge in [0.2, 0.25) is 0 Å². The number of hydrogen-bond acceptors (Lipinski definition) is 5. The quantitative estimate of drug-likeness (QED) is 0.622. The van der Waals surface area contributed by atoms with E-state index in [-0.39, 0.29) is 5.56 Å². The first-order valence-electron chi connectivity index (χ1n) is 9.24. The van der Waals surface area contributed by atoms with Crippen molar-refractivity contribution in [1.82, 2.24) is 9.88 Å². The number of carboxylic acid groups (broad SMARTS) is 1. The van der Waals surface area contributed by atoms with Gasteiger partial charge in [0.05, 0.1) is 34.3 Å². The first-order chi connectivity index (χ1) is 13.9. The summed E-state index contributed by atoms with van der Waals surface area (Å²) < 4.78 is 0. The first-order valence-corrected chi connectivity index (χ1v) is 9.99. The Morgan fingerprint density at radius 2 is 1.76 bits per heavy atom. The summed E-state index contributed by atoms with van der Waals surface area (Å²) in [5.74, 6) is -1.05. The lowest BCUT2D eigenvalue weighted by Gasteiger charge is -2.35. The highest BCUT2D eigenvalue weighted by Crippen LogP contribution is 2.37. The highest BCUT2D eigenvalue weighted by Gasteiger charge is 2.21. The molecule has 1 aliphatic heterocycles. The van der Waals surface area contributed by atoms with E-state index in [0.717, 1.165) is 48.5 Å². The van der Waals surface area contributed by atoms with E-state index in [2.05, 4.69) is 27.1 Å². The van der Waals surface area contributed by atoms with Gasteiger partial charge < -0.3 is 20.2 Å². The van der Waals surface area contributed by atoms with E-state index < -0.39 is 5.97 Å². The summed E-state index contributed by atoms with van der Waals surface area (Å²) in [6.07, 6.45) is 1.83. The minimum Gasteiger partial charge on any atom is -0.478 e. The van der Waals surface area contributed by atoms with Gasteiger partial charge in [-0.15, -0.1) is 0 Å². The Morgan fingerprint density at radius 1 is 1.07 bits per heavy atom. The summed E-state index contributed by atoms with van der Waals surface area (Å²) in [4.78, 5) is 20.9. The van der Waals surface area contributed by atoms with Crippen LogP contribution in [0.2, 0.25) is 10.0 Å². The van der Waals surface area contributed by atoms with E-state index in [4.69, 9.17) is 23.2 Å².